The number of hydrogen-bond donors (Lipinski definition) is 1. The number of nitrogens with two attached hydrogens (primary N) is 1. The predicted octanol–water partition coefficient (Wildman–Crippen LogP) is 1.89. The second kappa shape index (κ2) is 4.61. The van der Waals surface area contributed by atoms with Gasteiger partial charge < -0.3 is 15.4 Å². The van der Waals surface area contributed by atoms with Gasteiger partial charge in [0.2, 0.25) is 0 Å². The number of benzene rings is 1. The van der Waals surface area contributed by atoms with Gasteiger partial charge in [-0.2, -0.15) is 0 Å². The van der Waals surface area contributed by atoms with Crippen LogP contribution in [0.3, 0.4) is 0 Å². The van der Waals surface area contributed by atoms with Crippen LogP contribution in [0.1, 0.15) is 24.8 Å². The lowest BCUT2D eigenvalue weighted by Gasteiger charge is -2.53. The summed E-state index contributed by atoms with van der Waals surface area (Å²) in [5.41, 5.74) is 6.93. The van der Waals surface area contributed by atoms with Crippen LogP contribution in [0.5, 0.6) is 0 Å². The Hall–Kier alpha value is -1.55. The molecule has 2 N–H and O–H groups in total. The van der Waals surface area contributed by atoms with Gasteiger partial charge in [0.1, 0.15) is 6.61 Å². The lowest BCUT2D eigenvalue weighted by molar-refractivity contribution is -0.0323. The summed E-state index contributed by atoms with van der Waals surface area (Å²) in [4.78, 5) is 13.8. The van der Waals surface area contributed by atoms with Gasteiger partial charge in [0, 0.05) is 18.1 Å². The summed E-state index contributed by atoms with van der Waals surface area (Å²) in [5.74, 6) is 0. The van der Waals surface area contributed by atoms with Gasteiger partial charge in [-0.05, 0) is 24.8 Å². The highest BCUT2D eigenvalue weighted by Gasteiger charge is 2.47. The first-order chi connectivity index (χ1) is 8.74. The molecule has 1 aliphatic carbocycles. The molecule has 96 valence electrons. The van der Waals surface area contributed by atoms with Crippen LogP contribution in [-0.2, 0) is 11.3 Å². The second-order valence-electron chi connectivity index (χ2n) is 5.22. The molecule has 2 heterocycles. The second-order valence-corrected chi connectivity index (χ2v) is 5.22. The average molecular weight is 246 g/mol. The Kier molecular flexibility index (Phi) is 2.96. The van der Waals surface area contributed by atoms with Crippen molar-refractivity contribution in [1.82, 2.24) is 4.90 Å². The Bertz CT molecular complexity index is 423. The topological polar surface area (TPSA) is 55.6 Å². The Labute approximate surface area is 107 Å². The molecule has 2 unspecified atom stereocenters. The summed E-state index contributed by atoms with van der Waals surface area (Å²) in [6, 6.07) is 10.6. The predicted molar refractivity (Wildman–Crippen MR) is 67.9 cm³/mol. The minimum atomic E-state index is -0.188. The molecule has 2 bridgehead atoms. The number of piperidine rings is 1. The van der Waals surface area contributed by atoms with Crippen molar-refractivity contribution in [3.63, 3.8) is 0 Å². The highest BCUT2D eigenvalue weighted by Crippen LogP contribution is 2.38. The van der Waals surface area contributed by atoms with Crippen molar-refractivity contribution >= 4 is 6.09 Å². The van der Waals surface area contributed by atoms with E-state index in [9.17, 15) is 4.79 Å². The number of ether oxygens (including phenoxy) is 1. The summed E-state index contributed by atoms with van der Waals surface area (Å²) in [7, 11) is 0. The van der Waals surface area contributed by atoms with Gasteiger partial charge in [-0.15, -0.1) is 0 Å². The van der Waals surface area contributed by atoms with Crippen molar-refractivity contribution in [2.75, 3.05) is 0 Å². The Morgan fingerprint density at radius 2 is 1.89 bits per heavy atom. The van der Waals surface area contributed by atoms with E-state index in [2.05, 4.69) is 0 Å². The quantitative estimate of drug-likeness (QED) is 0.867. The Balaban J connectivity index is 1.54. The molecule has 0 aromatic heterocycles. The number of carbonyl (C=O) groups excluding carboxylic acids is 1. The fourth-order valence-corrected chi connectivity index (χ4v) is 3.01. The van der Waals surface area contributed by atoms with Crippen molar-refractivity contribution in [2.24, 2.45) is 5.73 Å². The summed E-state index contributed by atoms with van der Waals surface area (Å²) >= 11 is 0. The lowest BCUT2D eigenvalue weighted by Crippen LogP contribution is -2.65. The number of fused-ring (bicyclic) bond motifs is 2. The number of carbonyl (C=O) groups is 1. The minimum absolute atomic E-state index is 0.188. The first-order valence-corrected chi connectivity index (χ1v) is 6.48. The van der Waals surface area contributed by atoms with E-state index in [-0.39, 0.29) is 12.1 Å². The molecule has 18 heavy (non-hydrogen) atoms. The number of amides is 1. The summed E-state index contributed by atoms with van der Waals surface area (Å²) in [6.07, 6.45) is 2.73. The van der Waals surface area contributed by atoms with Crippen LogP contribution in [-0.4, -0.2) is 29.1 Å². The summed E-state index contributed by atoms with van der Waals surface area (Å²) < 4.78 is 5.35. The molecule has 3 fully saturated rings. The van der Waals surface area contributed by atoms with Gasteiger partial charge in [0.05, 0.1) is 0 Å². The van der Waals surface area contributed by atoms with E-state index in [1.54, 1.807) is 0 Å². The zero-order valence-electron chi connectivity index (χ0n) is 10.3. The maximum absolute atomic E-state index is 12.0. The molecule has 4 heteroatoms. The lowest BCUT2D eigenvalue weighted by atomic mass is 9.77. The highest BCUT2D eigenvalue weighted by molar-refractivity contribution is 5.70. The molecule has 2 saturated heterocycles. The molecule has 0 radical (unpaired) electrons. The van der Waals surface area contributed by atoms with Gasteiger partial charge in [0.15, 0.2) is 0 Å². The number of rotatable bonds is 2. The summed E-state index contributed by atoms with van der Waals surface area (Å²) in [6.45, 7) is 0.349. The van der Waals surface area contributed by atoms with Crippen LogP contribution in [0.15, 0.2) is 30.3 Å². The zero-order chi connectivity index (χ0) is 12.5. The molecule has 2 atom stereocenters. The fourth-order valence-electron chi connectivity index (χ4n) is 3.01. The maximum atomic E-state index is 12.0. The SMILES string of the molecule is NC1CC2CC(C1)N2C(=O)OCc1ccccc1. The molecule has 1 aromatic carbocycles. The molecule has 4 nitrogen and oxygen atoms in total. The van der Waals surface area contributed by atoms with E-state index >= 15 is 0 Å². The van der Waals surface area contributed by atoms with Crippen LogP contribution < -0.4 is 5.73 Å². The standard InChI is InChI=1S/C14H18N2O2/c15-11-6-12-8-13(7-11)16(12)14(17)18-9-10-4-2-1-3-5-10/h1-5,11-13H,6-9,15H2. The van der Waals surface area contributed by atoms with Crippen molar-refractivity contribution in [2.45, 2.75) is 44.0 Å². The first kappa shape index (κ1) is 11.5. The summed E-state index contributed by atoms with van der Waals surface area (Å²) in [5, 5.41) is 0. The molecular weight excluding hydrogens is 228 g/mol. The third-order valence-corrected chi connectivity index (χ3v) is 3.90. The molecule has 1 aromatic rings. The molecule has 2 aliphatic heterocycles. The largest absolute Gasteiger partial charge is 0.445 e. The van der Waals surface area contributed by atoms with Crippen LogP contribution in [0, 0.1) is 0 Å². The fraction of sp³-hybridized carbons (Fsp3) is 0.500. The minimum Gasteiger partial charge on any atom is -0.445 e. The molecular formula is C14H18N2O2. The molecule has 3 aliphatic rings. The van der Waals surface area contributed by atoms with E-state index in [1.165, 1.54) is 0 Å². The Morgan fingerprint density at radius 3 is 2.56 bits per heavy atom. The van der Waals surface area contributed by atoms with Gasteiger partial charge in [-0.3, -0.25) is 0 Å². The number of hydrogen-bond acceptors (Lipinski definition) is 3. The molecule has 1 amide bonds. The first-order valence-electron chi connectivity index (χ1n) is 6.48. The van der Waals surface area contributed by atoms with E-state index < -0.39 is 0 Å². The highest BCUT2D eigenvalue weighted by atomic mass is 16.6. The van der Waals surface area contributed by atoms with Crippen molar-refractivity contribution in [3.05, 3.63) is 35.9 Å². The van der Waals surface area contributed by atoms with Crippen LogP contribution in [0.4, 0.5) is 4.79 Å². The number of nitrogens with zero attached hydrogens (tertiary/aromatic N) is 1. The van der Waals surface area contributed by atoms with Crippen molar-refractivity contribution in [1.29, 1.82) is 0 Å². The van der Waals surface area contributed by atoms with Crippen LogP contribution >= 0.6 is 0 Å². The van der Waals surface area contributed by atoms with Gasteiger partial charge in [-0.25, -0.2) is 4.79 Å². The normalized spacial score (nSPS) is 29.6. The monoisotopic (exact) mass is 246 g/mol. The molecule has 1 saturated carbocycles. The zero-order valence-corrected chi connectivity index (χ0v) is 10.3. The smallest absolute Gasteiger partial charge is 0.410 e. The van der Waals surface area contributed by atoms with E-state index in [0.29, 0.717) is 18.7 Å². The Morgan fingerprint density at radius 1 is 1.22 bits per heavy atom. The average Bonchev–Trinajstić information content (AvgIpc) is 2.37. The molecule has 4 rings (SSSR count). The van der Waals surface area contributed by atoms with E-state index in [0.717, 1.165) is 24.8 Å². The van der Waals surface area contributed by atoms with E-state index in [4.69, 9.17) is 10.5 Å². The maximum Gasteiger partial charge on any atom is 0.410 e. The van der Waals surface area contributed by atoms with Crippen molar-refractivity contribution in [3.8, 4) is 0 Å². The van der Waals surface area contributed by atoms with Gasteiger partial charge >= 0.3 is 6.09 Å². The van der Waals surface area contributed by atoms with Gasteiger partial charge in [-0.1, -0.05) is 30.3 Å². The van der Waals surface area contributed by atoms with E-state index in [1.807, 2.05) is 35.2 Å². The van der Waals surface area contributed by atoms with Gasteiger partial charge in [0.25, 0.3) is 0 Å². The molecule has 0 spiro atoms. The third kappa shape index (κ3) is 2.08. The van der Waals surface area contributed by atoms with Crippen LogP contribution in [0.25, 0.3) is 0 Å². The van der Waals surface area contributed by atoms with Crippen molar-refractivity contribution < 1.29 is 9.53 Å². The third-order valence-electron chi connectivity index (χ3n) is 3.90. The van der Waals surface area contributed by atoms with Crippen LogP contribution in [0.2, 0.25) is 0 Å².